The summed E-state index contributed by atoms with van der Waals surface area (Å²) in [6.45, 7) is 1.62. The van der Waals surface area contributed by atoms with E-state index in [9.17, 15) is 13.2 Å². The van der Waals surface area contributed by atoms with E-state index in [-0.39, 0.29) is 16.3 Å². The summed E-state index contributed by atoms with van der Waals surface area (Å²) in [5.41, 5.74) is -0.593. The van der Waals surface area contributed by atoms with Gasteiger partial charge in [-0.15, -0.1) is 0 Å². The standard InChI is InChI=1S/C12H8ClF3N2/c1-7-17-6-9(11(13)18-7)8-4-2-3-5-10(8)12(14,15)16/h2-6H,1H3. The zero-order valence-electron chi connectivity index (χ0n) is 9.29. The van der Waals surface area contributed by atoms with Crippen LogP contribution in [0.25, 0.3) is 11.1 Å². The van der Waals surface area contributed by atoms with E-state index in [1.807, 2.05) is 0 Å². The van der Waals surface area contributed by atoms with Crippen LogP contribution in [0.2, 0.25) is 5.15 Å². The molecule has 6 heteroatoms. The first kappa shape index (κ1) is 12.8. The molecule has 18 heavy (non-hydrogen) atoms. The van der Waals surface area contributed by atoms with Gasteiger partial charge < -0.3 is 0 Å². The van der Waals surface area contributed by atoms with Crippen LogP contribution in [0.15, 0.2) is 30.5 Å². The number of benzene rings is 1. The van der Waals surface area contributed by atoms with Gasteiger partial charge in [0.05, 0.1) is 5.56 Å². The monoisotopic (exact) mass is 272 g/mol. The smallest absolute Gasteiger partial charge is 0.241 e. The minimum absolute atomic E-state index is 0.0131. The van der Waals surface area contributed by atoms with Gasteiger partial charge in [0.2, 0.25) is 0 Å². The molecule has 1 heterocycles. The average molecular weight is 273 g/mol. The lowest BCUT2D eigenvalue weighted by Crippen LogP contribution is -2.07. The Kier molecular flexibility index (Phi) is 3.26. The molecule has 0 fully saturated rings. The van der Waals surface area contributed by atoms with Gasteiger partial charge in [0.15, 0.2) is 0 Å². The van der Waals surface area contributed by atoms with Crippen molar-refractivity contribution in [3.8, 4) is 11.1 Å². The highest BCUT2D eigenvalue weighted by Gasteiger charge is 2.33. The lowest BCUT2D eigenvalue weighted by molar-refractivity contribution is -0.137. The van der Waals surface area contributed by atoms with Crippen molar-refractivity contribution in [2.75, 3.05) is 0 Å². The summed E-state index contributed by atoms with van der Waals surface area (Å²) in [5.74, 6) is 0.410. The van der Waals surface area contributed by atoms with Crippen molar-refractivity contribution >= 4 is 11.6 Å². The summed E-state index contributed by atoms with van der Waals surface area (Å²) in [6.07, 6.45) is -3.14. The number of halogens is 4. The van der Waals surface area contributed by atoms with Crippen molar-refractivity contribution in [3.63, 3.8) is 0 Å². The number of alkyl halides is 3. The second-order valence-corrected chi connectivity index (χ2v) is 4.02. The van der Waals surface area contributed by atoms with Gasteiger partial charge in [-0.25, -0.2) is 9.97 Å². The van der Waals surface area contributed by atoms with Crippen molar-refractivity contribution in [2.45, 2.75) is 13.1 Å². The Morgan fingerprint density at radius 2 is 1.78 bits per heavy atom. The third kappa shape index (κ3) is 2.46. The molecular formula is C12H8ClF3N2. The second kappa shape index (κ2) is 4.57. The summed E-state index contributed by atoms with van der Waals surface area (Å²) in [5, 5.41) is 0.0131. The zero-order chi connectivity index (χ0) is 13.3. The van der Waals surface area contributed by atoms with E-state index >= 15 is 0 Å². The van der Waals surface area contributed by atoms with E-state index in [0.29, 0.717) is 5.82 Å². The molecule has 0 saturated carbocycles. The molecular weight excluding hydrogens is 265 g/mol. The normalized spacial score (nSPS) is 11.6. The Hall–Kier alpha value is -1.62. The van der Waals surface area contributed by atoms with Crippen molar-refractivity contribution in [3.05, 3.63) is 47.0 Å². The Morgan fingerprint density at radius 3 is 2.39 bits per heavy atom. The zero-order valence-corrected chi connectivity index (χ0v) is 10.0. The highest BCUT2D eigenvalue weighted by Crippen LogP contribution is 2.38. The molecule has 2 nitrogen and oxygen atoms in total. The fraction of sp³-hybridized carbons (Fsp3) is 0.167. The average Bonchev–Trinajstić information content (AvgIpc) is 2.28. The third-order valence-electron chi connectivity index (χ3n) is 2.39. The molecule has 0 spiro atoms. The molecule has 0 atom stereocenters. The Balaban J connectivity index is 2.64. The first-order valence-electron chi connectivity index (χ1n) is 5.05. The molecule has 0 N–H and O–H groups in total. The Labute approximate surface area is 106 Å². The van der Waals surface area contributed by atoms with Crippen molar-refractivity contribution in [1.82, 2.24) is 9.97 Å². The molecule has 0 saturated heterocycles. The number of aryl methyl sites for hydroxylation is 1. The van der Waals surface area contributed by atoms with E-state index in [1.54, 1.807) is 6.92 Å². The molecule has 0 amide bonds. The van der Waals surface area contributed by atoms with Gasteiger partial charge >= 0.3 is 6.18 Å². The van der Waals surface area contributed by atoms with Crippen LogP contribution < -0.4 is 0 Å². The maximum atomic E-state index is 12.9. The van der Waals surface area contributed by atoms with E-state index in [2.05, 4.69) is 9.97 Å². The van der Waals surface area contributed by atoms with Crippen LogP contribution in [-0.4, -0.2) is 9.97 Å². The van der Waals surface area contributed by atoms with E-state index in [0.717, 1.165) is 6.07 Å². The van der Waals surface area contributed by atoms with Crippen LogP contribution in [0.3, 0.4) is 0 Å². The second-order valence-electron chi connectivity index (χ2n) is 3.67. The van der Waals surface area contributed by atoms with Crippen LogP contribution >= 0.6 is 11.6 Å². The Morgan fingerprint density at radius 1 is 1.11 bits per heavy atom. The van der Waals surface area contributed by atoms with Crippen molar-refractivity contribution in [1.29, 1.82) is 0 Å². The SMILES string of the molecule is Cc1ncc(-c2ccccc2C(F)(F)F)c(Cl)n1. The highest BCUT2D eigenvalue weighted by molar-refractivity contribution is 6.32. The number of aromatic nitrogens is 2. The molecule has 0 radical (unpaired) electrons. The van der Waals surface area contributed by atoms with Crippen LogP contribution in [0.5, 0.6) is 0 Å². The molecule has 2 rings (SSSR count). The lowest BCUT2D eigenvalue weighted by atomic mass is 10.0. The van der Waals surface area contributed by atoms with Gasteiger partial charge in [-0.2, -0.15) is 13.2 Å². The molecule has 0 aliphatic heterocycles. The fourth-order valence-corrected chi connectivity index (χ4v) is 1.86. The summed E-state index contributed by atoms with van der Waals surface area (Å²) >= 11 is 5.87. The number of rotatable bonds is 1. The molecule has 0 unspecified atom stereocenters. The lowest BCUT2D eigenvalue weighted by Gasteiger charge is -2.13. The molecule has 0 aliphatic carbocycles. The van der Waals surface area contributed by atoms with Crippen molar-refractivity contribution < 1.29 is 13.2 Å². The van der Waals surface area contributed by atoms with Gasteiger partial charge in [-0.1, -0.05) is 29.8 Å². The number of hydrogen-bond acceptors (Lipinski definition) is 2. The molecule has 0 aliphatic rings. The predicted molar refractivity (Wildman–Crippen MR) is 62.2 cm³/mol. The van der Waals surface area contributed by atoms with E-state index < -0.39 is 11.7 Å². The summed E-state index contributed by atoms with van der Waals surface area (Å²) in [7, 11) is 0. The van der Waals surface area contributed by atoms with Gasteiger partial charge in [-0.3, -0.25) is 0 Å². The van der Waals surface area contributed by atoms with Gasteiger partial charge in [0.1, 0.15) is 11.0 Å². The summed E-state index contributed by atoms with van der Waals surface area (Å²) < 4.78 is 38.6. The topological polar surface area (TPSA) is 25.8 Å². The largest absolute Gasteiger partial charge is 0.417 e. The predicted octanol–water partition coefficient (Wildman–Crippen LogP) is 4.12. The quantitative estimate of drug-likeness (QED) is 0.730. The Bertz CT molecular complexity index is 582. The van der Waals surface area contributed by atoms with Crippen LogP contribution in [-0.2, 0) is 6.18 Å². The number of hydrogen-bond donors (Lipinski definition) is 0. The van der Waals surface area contributed by atoms with E-state index in [1.165, 1.54) is 24.4 Å². The van der Waals surface area contributed by atoms with Gasteiger partial charge in [0.25, 0.3) is 0 Å². The molecule has 94 valence electrons. The van der Waals surface area contributed by atoms with Gasteiger partial charge in [-0.05, 0) is 18.6 Å². The molecule has 1 aromatic carbocycles. The fourth-order valence-electron chi connectivity index (χ4n) is 1.59. The number of nitrogens with zero attached hydrogens (tertiary/aromatic N) is 2. The van der Waals surface area contributed by atoms with Crippen molar-refractivity contribution in [2.24, 2.45) is 0 Å². The summed E-state index contributed by atoms with van der Waals surface area (Å²) in [6, 6.07) is 5.20. The highest BCUT2D eigenvalue weighted by atomic mass is 35.5. The maximum Gasteiger partial charge on any atom is 0.417 e. The van der Waals surface area contributed by atoms with Gasteiger partial charge in [0, 0.05) is 11.8 Å². The molecule has 0 bridgehead atoms. The molecule has 2 aromatic rings. The van der Waals surface area contributed by atoms with Crippen LogP contribution in [0.1, 0.15) is 11.4 Å². The molecule has 1 aromatic heterocycles. The first-order valence-corrected chi connectivity index (χ1v) is 5.43. The minimum atomic E-state index is -4.44. The third-order valence-corrected chi connectivity index (χ3v) is 2.67. The minimum Gasteiger partial charge on any atom is -0.241 e. The maximum absolute atomic E-state index is 12.9. The van der Waals surface area contributed by atoms with E-state index in [4.69, 9.17) is 11.6 Å². The van der Waals surface area contributed by atoms with Crippen LogP contribution in [0, 0.1) is 6.92 Å². The summed E-state index contributed by atoms with van der Waals surface area (Å²) in [4.78, 5) is 7.74. The van der Waals surface area contributed by atoms with Crippen LogP contribution in [0.4, 0.5) is 13.2 Å². The first-order chi connectivity index (χ1) is 8.39.